The second-order valence-corrected chi connectivity index (χ2v) is 6.56. The zero-order valence-corrected chi connectivity index (χ0v) is 14.3. The number of nitrogens with one attached hydrogen (secondary N) is 1. The molecule has 1 aromatic carbocycles. The van der Waals surface area contributed by atoms with Gasteiger partial charge in [-0.1, -0.05) is 36.2 Å². The van der Waals surface area contributed by atoms with Gasteiger partial charge in [-0.2, -0.15) is 0 Å². The first-order chi connectivity index (χ1) is 11.7. The number of hydrogen-bond acceptors (Lipinski definition) is 3. The maximum absolute atomic E-state index is 12.6. The number of nitrogens with zero attached hydrogens (tertiary/aromatic N) is 3. The molecular formula is C19H26N4O. The molecule has 1 fully saturated rings. The molecule has 24 heavy (non-hydrogen) atoms. The van der Waals surface area contributed by atoms with Crippen molar-refractivity contribution >= 4 is 5.91 Å². The predicted octanol–water partition coefficient (Wildman–Crippen LogP) is 2.36. The van der Waals surface area contributed by atoms with Crippen molar-refractivity contribution in [2.45, 2.75) is 45.3 Å². The van der Waals surface area contributed by atoms with E-state index in [0.717, 1.165) is 32.5 Å². The number of aromatic nitrogens is 2. The lowest BCUT2D eigenvalue weighted by Crippen LogP contribution is -2.49. The fourth-order valence-electron chi connectivity index (χ4n) is 3.37. The van der Waals surface area contributed by atoms with Crippen molar-refractivity contribution < 1.29 is 4.79 Å². The highest BCUT2D eigenvalue weighted by molar-refractivity contribution is 5.81. The number of carbonyl (C=O) groups is 1. The fraction of sp³-hybridized carbons (Fsp3) is 0.474. The van der Waals surface area contributed by atoms with Gasteiger partial charge in [-0.05, 0) is 31.9 Å². The van der Waals surface area contributed by atoms with Crippen molar-refractivity contribution in [3.8, 4) is 0 Å². The number of rotatable bonds is 6. The molecule has 1 aromatic heterocycles. The van der Waals surface area contributed by atoms with Crippen LogP contribution < -0.4 is 5.32 Å². The molecule has 0 radical (unpaired) electrons. The van der Waals surface area contributed by atoms with E-state index in [9.17, 15) is 4.79 Å². The lowest BCUT2D eigenvalue weighted by Gasteiger charge is -2.34. The van der Waals surface area contributed by atoms with Gasteiger partial charge in [-0.3, -0.25) is 9.69 Å². The van der Waals surface area contributed by atoms with Crippen LogP contribution in [0.1, 0.15) is 30.4 Å². The van der Waals surface area contributed by atoms with E-state index < -0.39 is 0 Å². The lowest BCUT2D eigenvalue weighted by molar-refractivity contribution is -0.127. The SMILES string of the molecule is Cc1cccc(CN2CCCCC2C(=O)NCCn2ccnc2)c1. The molecule has 0 aliphatic carbocycles. The molecule has 1 atom stereocenters. The molecule has 5 nitrogen and oxygen atoms in total. The van der Waals surface area contributed by atoms with Crippen LogP contribution in [0.25, 0.3) is 0 Å². The summed E-state index contributed by atoms with van der Waals surface area (Å²) in [5.74, 6) is 0.155. The number of piperidine rings is 1. The van der Waals surface area contributed by atoms with Gasteiger partial charge in [0.25, 0.3) is 0 Å². The fourth-order valence-corrected chi connectivity index (χ4v) is 3.37. The minimum Gasteiger partial charge on any atom is -0.353 e. The molecule has 0 bridgehead atoms. The average Bonchev–Trinajstić information content (AvgIpc) is 3.09. The van der Waals surface area contributed by atoms with Gasteiger partial charge in [0.15, 0.2) is 0 Å². The Morgan fingerprint density at radius 1 is 1.38 bits per heavy atom. The highest BCUT2D eigenvalue weighted by atomic mass is 16.2. The Balaban J connectivity index is 1.55. The first-order valence-electron chi connectivity index (χ1n) is 8.75. The van der Waals surface area contributed by atoms with E-state index in [-0.39, 0.29) is 11.9 Å². The molecule has 1 N–H and O–H groups in total. The highest BCUT2D eigenvalue weighted by Gasteiger charge is 2.28. The summed E-state index contributed by atoms with van der Waals surface area (Å²) < 4.78 is 1.98. The van der Waals surface area contributed by atoms with Gasteiger partial charge in [0, 0.05) is 32.0 Å². The minimum atomic E-state index is -0.0120. The van der Waals surface area contributed by atoms with Crippen LogP contribution in [-0.2, 0) is 17.9 Å². The lowest BCUT2D eigenvalue weighted by atomic mass is 10.00. The Hall–Kier alpha value is -2.14. The van der Waals surface area contributed by atoms with Crippen LogP contribution in [-0.4, -0.2) is 39.5 Å². The predicted molar refractivity (Wildman–Crippen MR) is 94.5 cm³/mol. The van der Waals surface area contributed by atoms with E-state index in [1.807, 2.05) is 10.8 Å². The summed E-state index contributed by atoms with van der Waals surface area (Å²) in [7, 11) is 0. The largest absolute Gasteiger partial charge is 0.353 e. The third-order valence-corrected chi connectivity index (χ3v) is 4.61. The maximum atomic E-state index is 12.6. The second kappa shape index (κ2) is 8.11. The molecule has 1 aliphatic rings. The molecule has 1 aliphatic heterocycles. The average molecular weight is 326 g/mol. The van der Waals surface area contributed by atoms with Crippen LogP contribution >= 0.6 is 0 Å². The normalized spacial score (nSPS) is 18.5. The van der Waals surface area contributed by atoms with Crippen LogP contribution in [0.3, 0.4) is 0 Å². The number of benzene rings is 1. The number of likely N-dealkylation sites (tertiary alicyclic amines) is 1. The van der Waals surface area contributed by atoms with Gasteiger partial charge in [0.2, 0.25) is 5.91 Å². The first-order valence-corrected chi connectivity index (χ1v) is 8.75. The number of carbonyl (C=O) groups excluding carboxylic acids is 1. The van der Waals surface area contributed by atoms with Gasteiger partial charge in [0.05, 0.1) is 12.4 Å². The smallest absolute Gasteiger partial charge is 0.237 e. The van der Waals surface area contributed by atoms with Crippen molar-refractivity contribution in [3.05, 3.63) is 54.1 Å². The van der Waals surface area contributed by atoms with Crippen molar-refractivity contribution in [2.24, 2.45) is 0 Å². The number of amides is 1. The van der Waals surface area contributed by atoms with Gasteiger partial charge >= 0.3 is 0 Å². The van der Waals surface area contributed by atoms with Crippen LogP contribution in [0.2, 0.25) is 0 Å². The van der Waals surface area contributed by atoms with Crippen LogP contribution in [0.4, 0.5) is 0 Å². The second-order valence-electron chi connectivity index (χ2n) is 6.56. The molecule has 1 saturated heterocycles. The van der Waals surface area contributed by atoms with E-state index in [4.69, 9.17) is 0 Å². The Kier molecular flexibility index (Phi) is 5.64. The topological polar surface area (TPSA) is 50.2 Å². The summed E-state index contributed by atoms with van der Waals surface area (Å²) in [6, 6.07) is 8.55. The van der Waals surface area contributed by atoms with Crippen molar-refractivity contribution in [1.29, 1.82) is 0 Å². The van der Waals surface area contributed by atoms with Gasteiger partial charge in [0.1, 0.15) is 0 Å². The molecule has 128 valence electrons. The molecular weight excluding hydrogens is 300 g/mol. The molecule has 3 rings (SSSR count). The third-order valence-electron chi connectivity index (χ3n) is 4.61. The zero-order chi connectivity index (χ0) is 16.8. The first kappa shape index (κ1) is 16.7. The van der Waals surface area contributed by atoms with Crippen molar-refractivity contribution in [3.63, 3.8) is 0 Å². The van der Waals surface area contributed by atoms with E-state index >= 15 is 0 Å². The molecule has 5 heteroatoms. The van der Waals surface area contributed by atoms with Crippen LogP contribution in [0, 0.1) is 6.92 Å². The summed E-state index contributed by atoms with van der Waals surface area (Å²) in [4.78, 5) is 19.0. The highest BCUT2D eigenvalue weighted by Crippen LogP contribution is 2.20. The van der Waals surface area contributed by atoms with E-state index in [1.165, 1.54) is 17.5 Å². The molecule has 2 heterocycles. The summed E-state index contributed by atoms with van der Waals surface area (Å²) in [5.41, 5.74) is 2.55. The summed E-state index contributed by atoms with van der Waals surface area (Å²) >= 11 is 0. The van der Waals surface area contributed by atoms with E-state index in [1.54, 1.807) is 12.5 Å². The van der Waals surface area contributed by atoms with Crippen molar-refractivity contribution in [2.75, 3.05) is 13.1 Å². The number of aryl methyl sites for hydroxylation is 1. The summed E-state index contributed by atoms with van der Waals surface area (Å²) in [6.45, 7) is 5.36. The van der Waals surface area contributed by atoms with E-state index in [2.05, 4.69) is 46.4 Å². The monoisotopic (exact) mass is 326 g/mol. The molecule has 0 spiro atoms. The molecule has 1 unspecified atom stereocenters. The number of hydrogen-bond donors (Lipinski definition) is 1. The zero-order valence-electron chi connectivity index (χ0n) is 14.3. The van der Waals surface area contributed by atoms with Crippen LogP contribution in [0.15, 0.2) is 43.0 Å². The molecule has 1 amide bonds. The quantitative estimate of drug-likeness (QED) is 0.886. The Bertz CT molecular complexity index is 653. The van der Waals surface area contributed by atoms with Gasteiger partial charge < -0.3 is 9.88 Å². The molecule has 2 aromatic rings. The summed E-state index contributed by atoms with van der Waals surface area (Å²) in [6.07, 6.45) is 8.69. The van der Waals surface area contributed by atoms with Gasteiger partial charge in [-0.25, -0.2) is 4.98 Å². The standard InChI is InChI=1S/C19H26N4O/c1-16-5-4-6-17(13-16)14-23-10-3-2-7-18(23)19(24)21-9-12-22-11-8-20-15-22/h4-6,8,11,13,15,18H,2-3,7,9-10,12,14H2,1H3,(H,21,24). The minimum absolute atomic E-state index is 0.0120. The Morgan fingerprint density at radius 3 is 3.08 bits per heavy atom. The van der Waals surface area contributed by atoms with Crippen molar-refractivity contribution in [1.82, 2.24) is 19.8 Å². The molecule has 0 saturated carbocycles. The maximum Gasteiger partial charge on any atom is 0.237 e. The number of imidazole rings is 1. The summed E-state index contributed by atoms with van der Waals surface area (Å²) in [5, 5.41) is 3.09. The van der Waals surface area contributed by atoms with E-state index in [0.29, 0.717) is 6.54 Å². The Morgan fingerprint density at radius 2 is 2.29 bits per heavy atom. The Labute approximate surface area is 143 Å². The van der Waals surface area contributed by atoms with Crippen LogP contribution in [0.5, 0.6) is 0 Å². The van der Waals surface area contributed by atoms with Gasteiger partial charge in [-0.15, -0.1) is 0 Å². The third kappa shape index (κ3) is 4.45.